The van der Waals surface area contributed by atoms with Crippen LogP contribution in [0.15, 0.2) is 128 Å². The summed E-state index contributed by atoms with van der Waals surface area (Å²) in [4.78, 5) is 0. The first-order valence-electron chi connectivity index (χ1n) is 12.0. The largest absolute Gasteiger partial charge is 0.310 e. The van der Waals surface area contributed by atoms with E-state index in [1.54, 1.807) is 0 Å². The predicted octanol–water partition coefficient (Wildman–Crippen LogP) is 7.76. The smallest absolute Gasteiger partial charge is 0.230 e. The lowest BCUT2D eigenvalue weighted by Crippen LogP contribution is -2.31. The second kappa shape index (κ2) is 8.73. The van der Waals surface area contributed by atoms with Crippen molar-refractivity contribution in [2.75, 3.05) is 0 Å². The Kier molecular flexibility index (Phi) is 5.27. The zero-order valence-corrected chi connectivity index (χ0v) is 20.0. The van der Waals surface area contributed by atoms with E-state index in [0.29, 0.717) is 0 Å². The molecule has 0 saturated carbocycles. The Morgan fingerprint density at radius 3 is 1.80 bits per heavy atom. The molecular weight excluding hydrogens is 424 g/mol. The standard InChI is InChI=1S/C33H27N2/c1-24-20-21-35(32(24)31-22-27-16-9-10-17-28(27)23-34(31)2)33-29(25-12-5-3-6-13-25)18-11-19-30(33)26-14-7-4-8-15-26/h3-23H,1-2H3/q+1. The summed E-state index contributed by atoms with van der Waals surface area (Å²) in [6.45, 7) is 2.20. The van der Waals surface area contributed by atoms with Crippen molar-refractivity contribution in [1.82, 2.24) is 4.57 Å². The van der Waals surface area contributed by atoms with E-state index in [2.05, 4.69) is 151 Å². The third kappa shape index (κ3) is 3.74. The van der Waals surface area contributed by atoms with Crippen LogP contribution in [0.3, 0.4) is 0 Å². The van der Waals surface area contributed by atoms with Crippen LogP contribution in [0.5, 0.6) is 0 Å². The Labute approximate surface area is 206 Å². The van der Waals surface area contributed by atoms with Gasteiger partial charge in [-0.15, -0.1) is 0 Å². The van der Waals surface area contributed by atoms with E-state index < -0.39 is 0 Å². The van der Waals surface area contributed by atoms with E-state index in [9.17, 15) is 0 Å². The van der Waals surface area contributed by atoms with Crippen molar-refractivity contribution >= 4 is 10.8 Å². The highest BCUT2D eigenvalue weighted by molar-refractivity contribution is 5.88. The number of pyridine rings is 1. The number of hydrogen-bond donors (Lipinski definition) is 0. The zero-order chi connectivity index (χ0) is 23.8. The van der Waals surface area contributed by atoms with Crippen LogP contribution >= 0.6 is 0 Å². The minimum Gasteiger partial charge on any atom is -0.310 e. The van der Waals surface area contributed by atoms with Crippen molar-refractivity contribution < 1.29 is 4.57 Å². The van der Waals surface area contributed by atoms with Crippen LogP contribution < -0.4 is 4.57 Å². The second-order valence-electron chi connectivity index (χ2n) is 9.05. The van der Waals surface area contributed by atoms with Gasteiger partial charge in [-0.2, -0.15) is 4.57 Å². The molecule has 0 aliphatic heterocycles. The first-order chi connectivity index (χ1) is 17.2. The van der Waals surface area contributed by atoms with Gasteiger partial charge in [-0.05, 0) is 41.1 Å². The van der Waals surface area contributed by atoms with E-state index in [-0.39, 0.29) is 0 Å². The van der Waals surface area contributed by atoms with Gasteiger partial charge in [-0.1, -0.05) is 97.1 Å². The van der Waals surface area contributed by atoms with Gasteiger partial charge in [0.25, 0.3) is 0 Å². The van der Waals surface area contributed by atoms with Crippen LogP contribution in [0.25, 0.3) is 50.1 Å². The fourth-order valence-corrected chi connectivity index (χ4v) is 5.07. The molecule has 0 bridgehead atoms. The molecule has 2 heterocycles. The second-order valence-corrected chi connectivity index (χ2v) is 9.05. The van der Waals surface area contributed by atoms with E-state index >= 15 is 0 Å². The third-order valence-corrected chi connectivity index (χ3v) is 6.78. The summed E-state index contributed by atoms with van der Waals surface area (Å²) in [6, 6.07) is 41.1. The van der Waals surface area contributed by atoms with Gasteiger partial charge in [0.05, 0.1) is 5.69 Å². The molecule has 2 heteroatoms. The topological polar surface area (TPSA) is 8.81 Å². The Morgan fingerprint density at radius 2 is 1.17 bits per heavy atom. The highest BCUT2D eigenvalue weighted by Gasteiger charge is 2.23. The van der Waals surface area contributed by atoms with E-state index in [1.165, 1.54) is 55.7 Å². The van der Waals surface area contributed by atoms with Crippen LogP contribution in [0.1, 0.15) is 5.56 Å². The van der Waals surface area contributed by atoms with Crippen molar-refractivity contribution in [2.24, 2.45) is 7.05 Å². The van der Waals surface area contributed by atoms with Gasteiger partial charge >= 0.3 is 0 Å². The van der Waals surface area contributed by atoms with Crippen molar-refractivity contribution in [1.29, 1.82) is 0 Å². The molecule has 168 valence electrons. The molecule has 4 aromatic carbocycles. The summed E-state index contributed by atoms with van der Waals surface area (Å²) in [6.07, 6.45) is 4.44. The highest BCUT2D eigenvalue weighted by atomic mass is 15.0. The molecule has 0 aliphatic rings. The van der Waals surface area contributed by atoms with Crippen LogP contribution in [0.2, 0.25) is 0 Å². The van der Waals surface area contributed by atoms with E-state index in [1.807, 2.05) is 0 Å². The van der Waals surface area contributed by atoms with Crippen molar-refractivity contribution in [2.45, 2.75) is 6.92 Å². The molecule has 0 amide bonds. The summed E-state index contributed by atoms with van der Waals surface area (Å²) in [5, 5.41) is 2.48. The molecule has 0 spiro atoms. The Hall–Kier alpha value is -4.43. The van der Waals surface area contributed by atoms with Gasteiger partial charge < -0.3 is 4.57 Å². The van der Waals surface area contributed by atoms with Gasteiger partial charge in [0, 0.05) is 28.8 Å². The average Bonchev–Trinajstić information content (AvgIpc) is 3.29. The minimum absolute atomic E-state index is 1.19. The summed E-state index contributed by atoms with van der Waals surface area (Å²) in [5.41, 5.74) is 9.69. The van der Waals surface area contributed by atoms with Crippen LogP contribution in [0, 0.1) is 6.92 Å². The van der Waals surface area contributed by atoms with Crippen molar-refractivity contribution in [3.63, 3.8) is 0 Å². The molecule has 2 aromatic heterocycles. The number of rotatable bonds is 4. The van der Waals surface area contributed by atoms with Crippen LogP contribution in [-0.2, 0) is 7.05 Å². The molecule has 35 heavy (non-hydrogen) atoms. The number of aromatic nitrogens is 2. The minimum atomic E-state index is 1.19. The lowest BCUT2D eigenvalue weighted by Gasteiger charge is -2.19. The molecule has 0 saturated heterocycles. The molecule has 0 radical (unpaired) electrons. The SMILES string of the molecule is Cc1ccn(-c2c(-c3ccccc3)cccc2-c2ccccc2)c1-c1cc2ccccc2c[n+]1C. The van der Waals surface area contributed by atoms with Gasteiger partial charge in [-0.25, -0.2) is 0 Å². The lowest BCUT2D eigenvalue weighted by molar-refractivity contribution is -0.659. The molecule has 0 unspecified atom stereocenters. The summed E-state index contributed by atoms with van der Waals surface area (Å²) in [5.74, 6) is 0. The quantitative estimate of drug-likeness (QED) is 0.242. The number of para-hydroxylation sites is 1. The molecule has 6 rings (SSSR count). The molecular formula is C33H27N2+. The van der Waals surface area contributed by atoms with Gasteiger partial charge in [0.1, 0.15) is 12.7 Å². The highest BCUT2D eigenvalue weighted by Crippen LogP contribution is 2.39. The van der Waals surface area contributed by atoms with E-state index in [4.69, 9.17) is 0 Å². The van der Waals surface area contributed by atoms with Crippen LogP contribution in [-0.4, -0.2) is 4.57 Å². The Morgan fingerprint density at radius 1 is 0.600 bits per heavy atom. The zero-order valence-electron chi connectivity index (χ0n) is 20.0. The van der Waals surface area contributed by atoms with Crippen LogP contribution in [0.4, 0.5) is 0 Å². The number of benzene rings is 4. The summed E-state index contributed by atoms with van der Waals surface area (Å²) >= 11 is 0. The maximum absolute atomic E-state index is 2.38. The first-order valence-corrected chi connectivity index (χ1v) is 12.0. The molecule has 0 aliphatic carbocycles. The van der Waals surface area contributed by atoms with Gasteiger partial charge in [0.15, 0.2) is 6.20 Å². The Bertz CT molecular complexity index is 1590. The molecule has 0 fully saturated rings. The third-order valence-electron chi connectivity index (χ3n) is 6.78. The fourth-order valence-electron chi connectivity index (χ4n) is 5.07. The number of fused-ring (bicyclic) bond motifs is 1. The molecule has 2 nitrogen and oxygen atoms in total. The fraction of sp³-hybridized carbons (Fsp3) is 0.0606. The van der Waals surface area contributed by atoms with E-state index in [0.717, 1.165) is 0 Å². The van der Waals surface area contributed by atoms with Gasteiger partial charge in [0.2, 0.25) is 5.69 Å². The summed E-state index contributed by atoms with van der Waals surface area (Å²) in [7, 11) is 2.14. The predicted molar refractivity (Wildman–Crippen MR) is 145 cm³/mol. The molecule has 0 atom stereocenters. The number of nitrogens with zero attached hydrogens (tertiary/aromatic N) is 2. The molecule has 0 N–H and O–H groups in total. The average molecular weight is 452 g/mol. The van der Waals surface area contributed by atoms with Gasteiger partial charge in [-0.3, -0.25) is 0 Å². The van der Waals surface area contributed by atoms with Crippen molar-refractivity contribution in [3.8, 4) is 39.3 Å². The summed E-state index contributed by atoms with van der Waals surface area (Å²) < 4.78 is 4.62. The number of hydrogen-bond acceptors (Lipinski definition) is 0. The monoisotopic (exact) mass is 451 g/mol. The number of aryl methyl sites for hydroxylation is 2. The Balaban J connectivity index is 1.68. The lowest BCUT2D eigenvalue weighted by atomic mass is 9.95. The normalized spacial score (nSPS) is 11.1. The van der Waals surface area contributed by atoms with Crippen molar-refractivity contribution in [3.05, 3.63) is 133 Å². The maximum Gasteiger partial charge on any atom is 0.230 e. The first kappa shape index (κ1) is 21.1. The maximum atomic E-state index is 2.38. The molecule has 6 aromatic rings.